The second-order valence-corrected chi connectivity index (χ2v) is 2.60. The molecule has 1 rings (SSSR count). The molecule has 0 spiro atoms. The van der Waals surface area contributed by atoms with Gasteiger partial charge >= 0.3 is 0 Å². The molecule has 0 atom stereocenters. The van der Waals surface area contributed by atoms with Crippen LogP contribution in [0.25, 0.3) is 0 Å². The minimum Gasteiger partial charge on any atom is -0.236 e. The maximum Gasteiger partial charge on any atom is 0.0109 e. The second kappa shape index (κ2) is 4.75. The zero-order valence-electron chi connectivity index (χ0n) is 4.57. The average Bonchev–Trinajstić information content (AvgIpc) is 1.77. The Morgan fingerprint density at radius 1 is 1.44 bits per heavy atom. The molecule has 0 heterocycles. The SMILES string of the molecule is Fc1[c-]cc(I)cc1.[Y]. The van der Waals surface area contributed by atoms with Crippen LogP contribution in [0.5, 0.6) is 0 Å². The molecular weight excluding hydrogens is 307 g/mol. The van der Waals surface area contributed by atoms with Gasteiger partial charge in [-0.2, -0.15) is 12.1 Å². The Morgan fingerprint density at radius 2 is 2.11 bits per heavy atom. The zero-order chi connectivity index (χ0) is 5.98. The van der Waals surface area contributed by atoms with Gasteiger partial charge in [0.1, 0.15) is 0 Å². The van der Waals surface area contributed by atoms with E-state index in [1.54, 1.807) is 12.1 Å². The quantitative estimate of drug-likeness (QED) is 0.509. The Bertz CT molecular complexity index is 152. The van der Waals surface area contributed by atoms with E-state index in [1.165, 1.54) is 6.07 Å². The van der Waals surface area contributed by atoms with Crippen molar-refractivity contribution in [1.29, 1.82) is 0 Å². The number of halogens is 2. The van der Waals surface area contributed by atoms with E-state index in [-0.39, 0.29) is 38.5 Å². The van der Waals surface area contributed by atoms with Gasteiger partial charge in [0.05, 0.1) is 0 Å². The molecule has 0 aromatic heterocycles. The summed E-state index contributed by atoms with van der Waals surface area (Å²) < 4.78 is 13.0. The van der Waals surface area contributed by atoms with E-state index in [4.69, 9.17) is 0 Å². The molecule has 0 aliphatic heterocycles. The molecule has 1 aromatic carbocycles. The van der Waals surface area contributed by atoms with Crippen molar-refractivity contribution in [3.63, 3.8) is 0 Å². The summed E-state index contributed by atoms with van der Waals surface area (Å²) in [6, 6.07) is 7.12. The number of hydrogen-bond donors (Lipinski definition) is 0. The van der Waals surface area contributed by atoms with E-state index in [2.05, 4.69) is 28.7 Å². The van der Waals surface area contributed by atoms with Crippen LogP contribution in [0.4, 0.5) is 4.39 Å². The fourth-order valence-corrected chi connectivity index (χ4v) is 0.722. The first-order valence-electron chi connectivity index (χ1n) is 2.12. The van der Waals surface area contributed by atoms with Crippen molar-refractivity contribution in [3.05, 3.63) is 33.7 Å². The van der Waals surface area contributed by atoms with Crippen LogP contribution in [0, 0.1) is 15.5 Å². The molecule has 0 unspecified atom stereocenters. The van der Waals surface area contributed by atoms with Crippen LogP contribution < -0.4 is 0 Å². The number of rotatable bonds is 0. The molecule has 0 fully saturated rings. The summed E-state index contributed by atoms with van der Waals surface area (Å²) in [6.45, 7) is 0. The van der Waals surface area contributed by atoms with E-state index in [1.807, 2.05) is 0 Å². The molecule has 0 saturated heterocycles. The summed E-state index contributed by atoms with van der Waals surface area (Å²) in [5, 5.41) is 0. The molecule has 9 heavy (non-hydrogen) atoms. The Morgan fingerprint density at radius 3 is 2.44 bits per heavy atom. The average molecular weight is 310 g/mol. The monoisotopic (exact) mass is 310 g/mol. The Kier molecular flexibility index (Phi) is 5.27. The molecule has 0 saturated carbocycles. The Labute approximate surface area is 92.2 Å². The van der Waals surface area contributed by atoms with Gasteiger partial charge in [0, 0.05) is 38.5 Å². The first-order chi connectivity index (χ1) is 3.79. The fraction of sp³-hybridized carbons (Fsp3) is 0. The maximum absolute atomic E-state index is 12.0. The number of benzene rings is 1. The van der Waals surface area contributed by atoms with Crippen molar-refractivity contribution < 1.29 is 37.1 Å². The first kappa shape index (κ1) is 9.98. The molecule has 0 amide bonds. The Balaban J connectivity index is 0.000000640. The van der Waals surface area contributed by atoms with Gasteiger partial charge in [0.25, 0.3) is 0 Å². The van der Waals surface area contributed by atoms with Crippen molar-refractivity contribution in [3.8, 4) is 0 Å². The molecular formula is C6H3FIY-. The van der Waals surface area contributed by atoms with E-state index in [0.29, 0.717) is 0 Å². The van der Waals surface area contributed by atoms with Crippen molar-refractivity contribution in [2.75, 3.05) is 0 Å². The van der Waals surface area contributed by atoms with Crippen molar-refractivity contribution in [2.45, 2.75) is 0 Å². The summed E-state index contributed by atoms with van der Waals surface area (Å²) in [7, 11) is 0. The molecule has 3 heteroatoms. The largest absolute Gasteiger partial charge is 0.236 e. The van der Waals surface area contributed by atoms with Gasteiger partial charge in [0.15, 0.2) is 0 Å². The summed E-state index contributed by atoms with van der Waals surface area (Å²) >= 11 is 2.10. The second-order valence-electron chi connectivity index (χ2n) is 1.35. The summed E-state index contributed by atoms with van der Waals surface area (Å²) in [4.78, 5) is 0. The first-order valence-corrected chi connectivity index (χ1v) is 3.19. The van der Waals surface area contributed by atoms with Crippen LogP contribution in [0.1, 0.15) is 0 Å². The van der Waals surface area contributed by atoms with Crippen molar-refractivity contribution in [2.24, 2.45) is 0 Å². The van der Waals surface area contributed by atoms with Crippen molar-refractivity contribution in [1.82, 2.24) is 0 Å². The maximum atomic E-state index is 12.0. The molecule has 0 N–H and O–H groups in total. The molecule has 0 aliphatic rings. The zero-order valence-corrected chi connectivity index (χ0v) is 9.56. The van der Waals surface area contributed by atoms with Crippen LogP contribution in [0.2, 0.25) is 0 Å². The smallest absolute Gasteiger partial charge is 0.0109 e. The molecule has 1 aromatic rings. The van der Waals surface area contributed by atoms with E-state index in [0.717, 1.165) is 3.57 Å². The van der Waals surface area contributed by atoms with Crippen LogP contribution in [0.15, 0.2) is 18.2 Å². The third kappa shape index (κ3) is 3.63. The van der Waals surface area contributed by atoms with Gasteiger partial charge in [0.2, 0.25) is 0 Å². The standard InChI is InChI=1S/C6H3FI.Y/c7-5-1-3-6(8)4-2-5;/h1,3-4H;/q-1;. The van der Waals surface area contributed by atoms with Gasteiger partial charge in [-0.1, -0.05) is 3.57 Å². The van der Waals surface area contributed by atoms with E-state index >= 15 is 0 Å². The molecule has 1 radical (unpaired) electrons. The van der Waals surface area contributed by atoms with Crippen LogP contribution >= 0.6 is 22.6 Å². The van der Waals surface area contributed by atoms with Crippen molar-refractivity contribution >= 4 is 22.6 Å². The summed E-state index contributed by atoms with van der Waals surface area (Å²) in [5.74, 6) is -0.301. The van der Waals surface area contributed by atoms with Crippen LogP contribution in [0.3, 0.4) is 0 Å². The predicted molar refractivity (Wildman–Crippen MR) is 38.0 cm³/mol. The minimum atomic E-state index is -0.301. The van der Waals surface area contributed by atoms with E-state index < -0.39 is 0 Å². The third-order valence-electron chi connectivity index (χ3n) is 0.737. The molecule has 0 aliphatic carbocycles. The normalized spacial score (nSPS) is 8.22. The van der Waals surface area contributed by atoms with Gasteiger partial charge in [-0.15, -0.1) is 34.7 Å². The van der Waals surface area contributed by atoms with Gasteiger partial charge in [-0.25, -0.2) is 4.39 Å². The van der Waals surface area contributed by atoms with Gasteiger partial charge in [-0.3, -0.25) is 0 Å². The van der Waals surface area contributed by atoms with Gasteiger partial charge < -0.3 is 0 Å². The van der Waals surface area contributed by atoms with Crippen LogP contribution in [-0.2, 0) is 32.7 Å². The Hall–Kier alpha value is 0.984. The van der Waals surface area contributed by atoms with Crippen LogP contribution in [-0.4, -0.2) is 0 Å². The molecule has 45 valence electrons. The third-order valence-corrected chi connectivity index (χ3v) is 1.41. The molecule has 0 nitrogen and oxygen atoms in total. The molecule has 0 bridgehead atoms. The topological polar surface area (TPSA) is 0 Å². The summed E-state index contributed by atoms with van der Waals surface area (Å²) in [6.07, 6.45) is 0. The predicted octanol–water partition coefficient (Wildman–Crippen LogP) is 2.23. The van der Waals surface area contributed by atoms with Gasteiger partial charge in [-0.05, 0) is 0 Å². The summed E-state index contributed by atoms with van der Waals surface area (Å²) in [5.41, 5.74) is 0. The fourth-order valence-electron chi connectivity index (χ4n) is 0.387. The minimum absolute atomic E-state index is 0. The van der Waals surface area contributed by atoms with E-state index in [9.17, 15) is 4.39 Å². The number of hydrogen-bond acceptors (Lipinski definition) is 0.